The number of halogens is 1. The molecule has 2 nitrogen and oxygen atoms in total. The molecule has 0 spiro atoms. The van der Waals surface area contributed by atoms with Gasteiger partial charge < -0.3 is 10.4 Å². The number of rotatable bonds is 4. The summed E-state index contributed by atoms with van der Waals surface area (Å²) < 4.78 is 0. The number of likely N-dealkylation sites (N-methyl/N-ethyl adjacent to an activating group) is 1. The molecule has 2 atom stereocenters. The Hall–Kier alpha value is -0.220. The maximum atomic E-state index is 9.58. The summed E-state index contributed by atoms with van der Waals surface area (Å²) in [6.45, 7) is 0.211. The van der Waals surface area contributed by atoms with Crippen LogP contribution in [0.3, 0.4) is 0 Å². The van der Waals surface area contributed by atoms with E-state index in [1.165, 1.54) is 6.42 Å². The number of aliphatic hydroxyl groups excluding tert-OH is 1. The number of aliphatic hydroxyl groups is 1. The van der Waals surface area contributed by atoms with Crippen molar-refractivity contribution in [2.24, 2.45) is 0 Å². The van der Waals surface area contributed by atoms with Crippen molar-refractivity contribution >= 4 is 23.4 Å². The molecule has 0 aliphatic heterocycles. The van der Waals surface area contributed by atoms with Crippen LogP contribution in [0.2, 0.25) is 5.02 Å². The van der Waals surface area contributed by atoms with Crippen LogP contribution in [0.15, 0.2) is 29.2 Å². The standard InChI is InChI=1S/C14H20ClNOS/c1-16-14(10-17)8-4-5-11(9-14)18-13-7-3-2-6-12(13)15/h2-3,6-7,11,16-17H,4-5,8-10H2,1H3. The molecule has 1 aromatic carbocycles. The van der Waals surface area contributed by atoms with E-state index in [4.69, 9.17) is 11.6 Å². The number of hydrogen-bond acceptors (Lipinski definition) is 3. The molecule has 1 aliphatic rings. The Morgan fingerprint density at radius 3 is 2.94 bits per heavy atom. The molecule has 100 valence electrons. The first-order valence-electron chi connectivity index (χ1n) is 6.40. The molecule has 1 fully saturated rings. The predicted octanol–water partition coefficient (Wildman–Crippen LogP) is 3.33. The van der Waals surface area contributed by atoms with Gasteiger partial charge in [-0.25, -0.2) is 0 Å². The minimum absolute atomic E-state index is 0.100. The lowest BCUT2D eigenvalue weighted by molar-refractivity contribution is 0.131. The van der Waals surface area contributed by atoms with Crippen LogP contribution in [0.25, 0.3) is 0 Å². The number of thioether (sulfide) groups is 1. The van der Waals surface area contributed by atoms with Gasteiger partial charge in [0.2, 0.25) is 0 Å². The Morgan fingerprint density at radius 2 is 2.28 bits per heavy atom. The summed E-state index contributed by atoms with van der Waals surface area (Å²) in [5.74, 6) is 0. The van der Waals surface area contributed by atoms with E-state index in [9.17, 15) is 5.11 Å². The highest BCUT2D eigenvalue weighted by Gasteiger charge is 2.34. The average Bonchev–Trinajstić information content (AvgIpc) is 2.41. The van der Waals surface area contributed by atoms with Gasteiger partial charge in [-0.1, -0.05) is 30.2 Å². The summed E-state index contributed by atoms with van der Waals surface area (Å²) in [6, 6.07) is 7.99. The summed E-state index contributed by atoms with van der Waals surface area (Å²) in [6.07, 6.45) is 4.40. The molecule has 1 aliphatic carbocycles. The molecule has 2 N–H and O–H groups in total. The molecule has 2 rings (SSSR count). The number of benzene rings is 1. The summed E-state index contributed by atoms with van der Waals surface area (Å²) in [5, 5.41) is 14.2. The van der Waals surface area contributed by atoms with Crippen molar-refractivity contribution in [3.05, 3.63) is 29.3 Å². The van der Waals surface area contributed by atoms with Crippen LogP contribution in [-0.4, -0.2) is 29.5 Å². The second-order valence-electron chi connectivity index (χ2n) is 4.96. The van der Waals surface area contributed by atoms with Crippen LogP contribution < -0.4 is 5.32 Å². The minimum Gasteiger partial charge on any atom is -0.394 e. The fraction of sp³-hybridized carbons (Fsp3) is 0.571. The predicted molar refractivity (Wildman–Crippen MR) is 78.4 cm³/mol. The maximum absolute atomic E-state index is 9.58. The molecule has 1 saturated carbocycles. The lowest BCUT2D eigenvalue weighted by atomic mass is 9.82. The van der Waals surface area contributed by atoms with Gasteiger partial charge in [0, 0.05) is 15.7 Å². The van der Waals surface area contributed by atoms with Crippen molar-refractivity contribution in [1.29, 1.82) is 0 Å². The molecular formula is C14H20ClNOS. The minimum atomic E-state index is -0.100. The summed E-state index contributed by atoms with van der Waals surface area (Å²) in [7, 11) is 1.94. The zero-order chi connectivity index (χ0) is 13.0. The van der Waals surface area contributed by atoms with Crippen molar-refractivity contribution in [2.45, 2.75) is 41.4 Å². The van der Waals surface area contributed by atoms with E-state index in [0.29, 0.717) is 5.25 Å². The molecule has 18 heavy (non-hydrogen) atoms. The molecule has 0 radical (unpaired) electrons. The zero-order valence-corrected chi connectivity index (χ0v) is 12.2. The van der Waals surface area contributed by atoms with Crippen LogP contribution in [0.1, 0.15) is 25.7 Å². The molecule has 0 amide bonds. The summed E-state index contributed by atoms with van der Waals surface area (Å²) >= 11 is 8.04. The highest BCUT2D eigenvalue weighted by atomic mass is 35.5. The van der Waals surface area contributed by atoms with E-state index < -0.39 is 0 Å². The van der Waals surface area contributed by atoms with Crippen molar-refractivity contribution in [1.82, 2.24) is 5.32 Å². The highest BCUT2D eigenvalue weighted by molar-refractivity contribution is 8.00. The van der Waals surface area contributed by atoms with Gasteiger partial charge in [0.05, 0.1) is 11.6 Å². The molecule has 2 unspecified atom stereocenters. The van der Waals surface area contributed by atoms with E-state index in [1.807, 2.05) is 37.0 Å². The van der Waals surface area contributed by atoms with Crippen LogP contribution in [0, 0.1) is 0 Å². The number of hydrogen-bond donors (Lipinski definition) is 2. The average molecular weight is 286 g/mol. The van der Waals surface area contributed by atoms with Gasteiger partial charge in [0.1, 0.15) is 0 Å². The Kier molecular flexibility index (Phi) is 4.96. The van der Waals surface area contributed by atoms with Gasteiger partial charge in [0.25, 0.3) is 0 Å². The highest BCUT2D eigenvalue weighted by Crippen LogP contribution is 2.40. The maximum Gasteiger partial charge on any atom is 0.0613 e. The Bertz CT molecular complexity index is 395. The summed E-state index contributed by atoms with van der Waals surface area (Å²) in [4.78, 5) is 1.15. The fourth-order valence-electron chi connectivity index (χ4n) is 2.58. The first-order valence-corrected chi connectivity index (χ1v) is 7.66. The normalized spacial score (nSPS) is 28.3. The van der Waals surface area contributed by atoms with E-state index >= 15 is 0 Å². The second-order valence-corrected chi connectivity index (χ2v) is 6.70. The van der Waals surface area contributed by atoms with Gasteiger partial charge in [0.15, 0.2) is 0 Å². The van der Waals surface area contributed by atoms with Crippen LogP contribution in [0.4, 0.5) is 0 Å². The van der Waals surface area contributed by atoms with Crippen molar-refractivity contribution in [2.75, 3.05) is 13.7 Å². The van der Waals surface area contributed by atoms with Crippen molar-refractivity contribution in [3.63, 3.8) is 0 Å². The molecule has 1 aromatic rings. The molecule has 0 saturated heterocycles. The van der Waals surface area contributed by atoms with Crippen LogP contribution in [-0.2, 0) is 0 Å². The summed E-state index contributed by atoms with van der Waals surface area (Å²) in [5.41, 5.74) is -0.100. The third-order valence-electron chi connectivity index (χ3n) is 3.76. The van der Waals surface area contributed by atoms with Crippen molar-refractivity contribution < 1.29 is 5.11 Å². The molecule has 4 heteroatoms. The van der Waals surface area contributed by atoms with Gasteiger partial charge in [-0.3, -0.25) is 0 Å². The molecule has 0 bridgehead atoms. The lowest BCUT2D eigenvalue weighted by Gasteiger charge is -2.39. The third kappa shape index (κ3) is 3.21. The van der Waals surface area contributed by atoms with E-state index in [2.05, 4.69) is 11.4 Å². The van der Waals surface area contributed by atoms with Gasteiger partial charge >= 0.3 is 0 Å². The van der Waals surface area contributed by atoms with Crippen molar-refractivity contribution in [3.8, 4) is 0 Å². The smallest absolute Gasteiger partial charge is 0.0613 e. The van der Waals surface area contributed by atoms with E-state index in [-0.39, 0.29) is 12.1 Å². The Labute approximate surface area is 118 Å². The molecular weight excluding hydrogens is 266 g/mol. The first kappa shape index (κ1) is 14.2. The topological polar surface area (TPSA) is 32.3 Å². The van der Waals surface area contributed by atoms with Gasteiger partial charge in [-0.2, -0.15) is 0 Å². The van der Waals surface area contributed by atoms with E-state index in [1.54, 1.807) is 0 Å². The Balaban J connectivity index is 2.04. The first-order chi connectivity index (χ1) is 8.69. The van der Waals surface area contributed by atoms with E-state index in [0.717, 1.165) is 29.2 Å². The van der Waals surface area contributed by atoms with Gasteiger partial charge in [-0.15, -0.1) is 11.8 Å². The fourth-order valence-corrected chi connectivity index (χ4v) is 4.23. The third-order valence-corrected chi connectivity index (χ3v) is 5.55. The molecule has 0 aromatic heterocycles. The SMILES string of the molecule is CNC1(CO)CCCC(Sc2ccccc2Cl)C1. The van der Waals surface area contributed by atoms with Gasteiger partial charge in [-0.05, 0) is 38.4 Å². The molecule has 0 heterocycles. The second kappa shape index (κ2) is 6.29. The van der Waals surface area contributed by atoms with Crippen LogP contribution in [0.5, 0.6) is 0 Å². The van der Waals surface area contributed by atoms with Crippen LogP contribution >= 0.6 is 23.4 Å². The Morgan fingerprint density at radius 1 is 1.50 bits per heavy atom. The zero-order valence-electron chi connectivity index (χ0n) is 10.7. The monoisotopic (exact) mass is 285 g/mol. The number of nitrogens with one attached hydrogen (secondary N) is 1. The lowest BCUT2D eigenvalue weighted by Crippen LogP contribution is -2.50. The quantitative estimate of drug-likeness (QED) is 0.890. The largest absolute Gasteiger partial charge is 0.394 e.